The van der Waals surface area contributed by atoms with E-state index in [0.29, 0.717) is 53.1 Å². The van der Waals surface area contributed by atoms with E-state index in [0.717, 1.165) is 16.8 Å². The van der Waals surface area contributed by atoms with E-state index in [9.17, 15) is 9.59 Å². The highest BCUT2D eigenvalue weighted by molar-refractivity contribution is 6.33. The lowest BCUT2D eigenvalue weighted by molar-refractivity contribution is 0.0411. The van der Waals surface area contributed by atoms with Crippen molar-refractivity contribution in [3.8, 4) is 22.8 Å². The normalized spacial score (nSPS) is 15.6. The first kappa shape index (κ1) is 25.5. The van der Waals surface area contributed by atoms with Crippen LogP contribution in [0.25, 0.3) is 16.9 Å². The Morgan fingerprint density at radius 3 is 2.47 bits per heavy atom. The lowest BCUT2D eigenvalue weighted by atomic mass is 10.1. The molecule has 0 radical (unpaired) electrons. The molecule has 0 spiro atoms. The lowest BCUT2D eigenvalue weighted by Crippen LogP contribution is -2.55. The van der Waals surface area contributed by atoms with Crippen LogP contribution in [0.3, 0.4) is 0 Å². The van der Waals surface area contributed by atoms with Crippen LogP contribution < -0.4 is 9.47 Å². The fraction of sp³-hybridized carbons (Fsp3) is 0.286. The van der Waals surface area contributed by atoms with Gasteiger partial charge in [0.15, 0.2) is 22.8 Å². The molecule has 0 aliphatic carbocycles. The summed E-state index contributed by atoms with van der Waals surface area (Å²) in [6.45, 7) is 5.04. The van der Waals surface area contributed by atoms with E-state index < -0.39 is 0 Å². The highest BCUT2D eigenvalue weighted by atomic mass is 35.5. The Morgan fingerprint density at radius 2 is 1.76 bits per heavy atom. The van der Waals surface area contributed by atoms with Crippen molar-refractivity contribution in [1.82, 2.24) is 24.4 Å². The quantitative estimate of drug-likeness (QED) is 0.378. The molecule has 5 rings (SSSR count). The molecule has 38 heavy (non-hydrogen) atoms. The van der Waals surface area contributed by atoms with Crippen LogP contribution in [0.1, 0.15) is 33.3 Å². The molecule has 1 aliphatic heterocycles. The molecule has 3 heterocycles. The molecule has 2 aromatic carbocycles. The zero-order valence-electron chi connectivity index (χ0n) is 21.6. The third kappa shape index (κ3) is 4.65. The second-order valence-electron chi connectivity index (χ2n) is 9.28. The summed E-state index contributed by atoms with van der Waals surface area (Å²) in [4.78, 5) is 34.5. The first-order chi connectivity index (χ1) is 18.3. The van der Waals surface area contributed by atoms with Crippen molar-refractivity contribution in [2.24, 2.45) is 0 Å². The third-order valence-corrected chi connectivity index (χ3v) is 7.10. The molecule has 2 amide bonds. The summed E-state index contributed by atoms with van der Waals surface area (Å²) in [6.07, 6.45) is 1.68. The van der Waals surface area contributed by atoms with Crippen LogP contribution in [-0.2, 0) is 0 Å². The van der Waals surface area contributed by atoms with Crippen molar-refractivity contribution in [1.29, 1.82) is 0 Å². The minimum atomic E-state index is -0.207. The molecule has 0 N–H and O–H groups in total. The van der Waals surface area contributed by atoms with Gasteiger partial charge < -0.3 is 19.3 Å². The molecule has 196 valence electrons. The van der Waals surface area contributed by atoms with Crippen molar-refractivity contribution >= 4 is 29.1 Å². The van der Waals surface area contributed by atoms with Crippen LogP contribution in [0.2, 0.25) is 5.02 Å². The number of ether oxygens (including phenoxy) is 2. The van der Waals surface area contributed by atoms with Gasteiger partial charge in [0.05, 0.1) is 30.5 Å². The monoisotopic (exact) mass is 533 g/mol. The number of halogens is 1. The van der Waals surface area contributed by atoms with Crippen LogP contribution in [0.4, 0.5) is 0 Å². The third-order valence-electron chi connectivity index (χ3n) is 6.79. The number of aryl methyl sites for hydroxylation is 1. The average molecular weight is 534 g/mol. The number of methoxy groups -OCH3 is 2. The van der Waals surface area contributed by atoms with Crippen molar-refractivity contribution < 1.29 is 19.1 Å². The number of piperazine rings is 1. The fourth-order valence-electron chi connectivity index (χ4n) is 4.77. The molecule has 1 fully saturated rings. The van der Waals surface area contributed by atoms with Crippen LogP contribution in [0, 0.1) is 6.92 Å². The van der Waals surface area contributed by atoms with Gasteiger partial charge in [0.25, 0.3) is 11.8 Å². The molecule has 0 bridgehead atoms. The number of hydrogen-bond donors (Lipinski definition) is 0. The van der Waals surface area contributed by atoms with Gasteiger partial charge in [-0.05, 0) is 55.8 Å². The summed E-state index contributed by atoms with van der Waals surface area (Å²) in [5.41, 5.74) is 3.90. The number of hydrogen-bond acceptors (Lipinski definition) is 6. The van der Waals surface area contributed by atoms with Gasteiger partial charge >= 0.3 is 0 Å². The molecular formula is C28H28ClN5O4. The van der Waals surface area contributed by atoms with Crippen molar-refractivity contribution in [2.45, 2.75) is 19.9 Å². The van der Waals surface area contributed by atoms with E-state index in [1.54, 1.807) is 52.9 Å². The number of carbonyl (C=O) groups is 2. The van der Waals surface area contributed by atoms with E-state index in [2.05, 4.69) is 10.1 Å². The van der Waals surface area contributed by atoms with Crippen LogP contribution in [0.5, 0.6) is 11.5 Å². The smallest absolute Gasteiger partial charge is 0.274 e. The summed E-state index contributed by atoms with van der Waals surface area (Å²) in [5.74, 6) is 0.869. The standard InChI is InChI=1S/C28H28ClN5O4/c1-17-5-7-20(21(29)13-17)27(35)33-12-11-32(16-18(33)2)28(36)22-15-26-30-10-9-23(34(26)31-22)19-6-8-24(37-3)25(14-19)38-4/h5-10,13-15,18H,11-12,16H2,1-4H3/t18-/m0/s1. The maximum absolute atomic E-state index is 13.4. The minimum absolute atomic E-state index is 0.133. The van der Waals surface area contributed by atoms with Gasteiger partial charge in [0.2, 0.25) is 0 Å². The van der Waals surface area contributed by atoms with E-state index in [4.69, 9.17) is 21.1 Å². The zero-order chi connectivity index (χ0) is 27.0. The van der Waals surface area contributed by atoms with E-state index in [1.807, 2.05) is 44.2 Å². The summed E-state index contributed by atoms with van der Waals surface area (Å²) in [7, 11) is 3.17. The second kappa shape index (κ2) is 10.3. The lowest BCUT2D eigenvalue weighted by Gasteiger charge is -2.39. The van der Waals surface area contributed by atoms with Gasteiger partial charge in [-0.3, -0.25) is 9.59 Å². The zero-order valence-corrected chi connectivity index (χ0v) is 22.4. The Balaban J connectivity index is 1.36. The molecule has 4 aromatic rings. The first-order valence-electron chi connectivity index (χ1n) is 12.2. The Bertz CT molecular complexity index is 1540. The number of carbonyl (C=O) groups excluding carboxylic acids is 2. The SMILES string of the molecule is COc1ccc(-c2ccnc3cc(C(=O)N4CCN(C(=O)c5ccc(C)cc5Cl)[C@@H](C)C4)nn23)cc1OC. The van der Waals surface area contributed by atoms with Gasteiger partial charge in [-0.15, -0.1) is 0 Å². The van der Waals surface area contributed by atoms with Gasteiger partial charge in [-0.25, -0.2) is 9.50 Å². The number of aromatic nitrogens is 3. The first-order valence-corrected chi connectivity index (χ1v) is 12.6. The molecule has 9 nitrogen and oxygen atoms in total. The summed E-state index contributed by atoms with van der Waals surface area (Å²) >= 11 is 6.34. The fourth-order valence-corrected chi connectivity index (χ4v) is 5.08. The van der Waals surface area contributed by atoms with Crippen molar-refractivity contribution in [2.75, 3.05) is 33.9 Å². The Kier molecular flexibility index (Phi) is 6.94. The van der Waals surface area contributed by atoms with E-state index >= 15 is 0 Å². The van der Waals surface area contributed by atoms with Crippen LogP contribution >= 0.6 is 11.6 Å². The number of nitrogens with zero attached hydrogens (tertiary/aromatic N) is 5. The maximum atomic E-state index is 13.4. The summed E-state index contributed by atoms with van der Waals surface area (Å²) in [6, 6.07) is 14.3. The predicted octanol–water partition coefficient (Wildman–Crippen LogP) is 4.36. The molecule has 0 unspecified atom stereocenters. The molecule has 1 saturated heterocycles. The number of amides is 2. The number of benzene rings is 2. The summed E-state index contributed by atoms with van der Waals surface area (Å²) < 4.78 is 12.4. The molecular weight excluding hydrogens is 506 g/mol. The number of fused-ring (bicyclic) bond motifs is 1. The molecule has 10 heteroatoms. The second-order valence-corrected chi connectivity index (χ2v) is 9.69. The Labute approximate surface area is 225 Å². The minimum Gasteiger partial charge on any atom is -0.493 e. The van der Waals surface area contributed by atoms with Gasteiger partial charge in [-0.2, -0.15) is 5.10 Å². The van der Waals surface area contributed by atoms with Crippen molar-refractivity contribution in [3.05, 3.63) is 76.6 Å². The Morgan fingerprint density at radius 1 is 0.974 bits per heavy atom. The topological polar surface area (TPSA) is 89.3 Å². The highest BCUT2D eigenvalue weighted by Crippen LogP contribution is 2.32. The number of rotatable bonds is 5. The average Bonchev–Trinajstić information content (AvgIpc) is 3.36. The molecule has 1 atom stereocenters. The predicted molar refractivity (Wildman–Crippen MR) is 144 cm³/mol. The van der Waals surface area contributed by atoms with Gasteiger partial charge in [-0.1, -0.05) is 17.7 Å². The molecule has 2 aromatic heterocycles. The van der Waals surface area contributed by atoms with Crippen molar-refractivity contribution in [3.63, 3.8) is 0 Å². The molecule has 0 saturated carbocycles. The Hall–Kier alpha value is -4.11. The van der Waals surface area contributed by atoms with E-state index in [1.165, 1.54) is 0 Å². The summed E-state index contributed by atoms with van der Waals surface area (Å²) in [5, 5.41) is 5.04. The van der Waals surface area contributed by atoms with E-state index in [-0.39, 0.29) is 17.9 Å². The molecule has 1 aliphatic rings. The highest BCUT2D eigenvalue weighted by Gasteiger charge is 2.32. The van der Waals surface area contributed by atoms with Crippen LogP contribution in [-0.4, -0.2) is 76.1 Å². The van der Waals surface area contributed by atoms with Gasteiger partial charge in [0.1, 0.15) is 0 Å². The van der Waals surface area contributed by atoms with Gasteiger partial charge in [0, 0.05) is 43.5 Å². The van der Waals surface area contributed by atoms with Crippen LogP contribution in [0.15, 0.2) is 54.7 Å². The maximum Gasteiger partial charge on any atom is 0.274 e. The largest absolute Gasteiger partial charge is 0.493 e.